The van der Waals surface area contributed by atoms with E-state index < -0.39 is 0 Å². The molecular weight excluding hydrogens is 186 g/mol. The Labute approximate surface area is 91.7 Å². The molecular formula is C13H19NO. The number of aryl methyl sites for hydroxylation is 1. The molecule has 0 aliphatic rings. The lowest BCUT2D eigenvalue weighted by Crippen LogP contribution is -2.00. The van der Waals surface area contributed by atoms with Crippen molar-refractivity contribution in [2.45, 2.75) is 12.8 Å². The third kappa shape index (κ3) is 4.77. The van der Waals surface area contributed by atoms with Crippen molar-refractivity contribution in [3.63, 3.8) is 0 Å². The van der Waals surface area contributed by atoms with E-state index in [1.807, 2.05) is 6.08 Å². The third-order valence-electron chi connectivity index (χ3n) is 2.19. The van der Waals surface area contributed by atoms with Gasteiger partial charge in [0.05, 0.1) is 6.61 Å². The molecule has 1 aromatic carbocycles. The van der Waals surface area contributed by atoms with Crippen molar-refractivity contribution in [2.75, 3.05) is 20.3 Å². The Hall–Kier alpha value is -1.12. The average Bonchev–Trinajstić information content (AvgIpc) is 2.27. The fraction of sp³-hybridized carbons (Fsp3) is 0.385. The second-order valence-electron chi connectivity index (χ2n) is 3.49. The Morgan fingerprint density at radius 2 is 2.27 bits per heavy atom. The highest BCUT2D eigenvalue weighted by Gasteiger charge is 1.93. The Balaban J connectivity index is 2.57. The third-order valence-corrected chi connectivity index (χ3v) is 2.19. The molecule has 1 aromatic rings. The van der Waals surface area contributed by atoms with E-state index in [0.29, 0.717) is 6.61 Å². The van der Waals surface area contributed by atoms with Crippen molar-refractivity contribution in [1.29, 1.82) is 0 Å². The summed E-state index contributed by atoms with van der Waals surface area (Å²) in [6, 6.07) is 8.52. The molecule has 2 heteroatoms. The van der Waals surface area contributed by atoms with Crippen LogP contribution in [0, 0.1) is 0 Å². The lowest BCUT2D eigenvalue weighted by Gasteiger charge is -2.01. The number of rotatable bonds is 6. The number of hydrogen-bond acceptors (Lipinski definition) is 2. The molecule has 1 rings (SSSR count). The fourth-order valence-corrected chi connectivity index (χ4v) is 1.44. The van der Waals surface area contributed by atoms with Crippen LogP contribution in [-0.4, -0.2) is 20.3 Å². The van der Waals surface area contributed by atoms with Gasteiger partial charge in [-0.25, -0.2) is 0 Å². The van der Waals surface area contributed by atoms with Crippen LogP contribution in [0.15, 0.2) is 30.3 Å². The SMILES string of the molecule is COCC=Cc1cccc(CCCN)c1. The normalized spacial score (nSPS) is 11.1. The van der Waals surface area contributed by atoms with E-state index in [-0.39, 0.29) is 0 Å². The summed E-state index contributed by atoms with van der Waals surface area (Å²) >= 11 is 0. The molecule has 0 radical (unpaired) electrons. The summed E-state index contributed by atoms with van der Waals surface area (Å²) in [4.78, 5) is 0. The Morgan fingerprint density at radius 3 is 3.00 bits per heavy atom. The van der Waals surface area contributed by atoms with Crippen LogP contribution in [0.2, 0.25) is 0 Å². The minimum Gasteiger partial charge on any atom is -0.381 e. The predicted octanol–water partition coefficient (Wildman–Crippen LogP) is 2.24. The molecule has 0 spiro atoms. The molecule has 15 heavy (non-hydrogen) atoms. The minimum atomic E-state index is 0.660. The van der Waals surface area contributed by atoms with Gasteiger partial charge in [0, 0.05) is 7.11 Å². The Morgan fingerprint density at radius 1 is 1.40 bits per heavy atom. The largest absolute Gasteiger partial charge is 0.381 e. The highest BCUT2D eigenvalue weighted by Crippen LogP contribution is 2.08. The maximum Gasteiger partial charge on any atom is 0.0646 e. The molecule has 82 valence electrons. The van der Waals surface area contributed by atoms with Gasteiger partial charge in [0.2, 0.25) is 0 Å². The number of ether oxygens (including phenoxy) is 1. The molecule has 0 aliphatic heterocycles. The van der Waals surface area contributed by atoms with Gasteiger partial charge in [-0.3, -0.25) is 0 Å². The number of benzene rings is 1. The van der Waals surface area contributed by atoms with E-state index in [2.05, 4.69) is 30.3 Å². The van der Waals surface area contributed by atoms with Gasteiger partial charge in [0.15, 0.2) is 0 Å². The van der Waals surface area contributed by atoms with Gasteiger partial charge in [0.25, 0.3) is 0 Å². The van der Waals surface area contributed by atoms with E-state index in [4.69, 9.17) is 10.5 Å². The van der Waals surface area contributed by atoms with Gasteiger partial charge >= 0.3 is 0 Å². The minimum absolute atomic E-state index is 0.660. The summed E-state index contributed by atoms with van der Waals surface area (Å²) in [7, 11) is 1.70. The first-order valence-electron chi connectivity index (χ1n) is 5.31. The van der Waals surface area contributed by atoms with E-state index in [9.17, 15) is 0 Å². The average molecular weight is 205 g/mol. The summed E-state index contributed by atoms with van der Waals surface area (Å²) < 4.78 is 4.96. The summed E-state index contributed by atoms with van der Waals surface area (Å²) in [5, 5.41) is 0. The molecule has 0 heterocycles. The first-order valence-corrected chi connectivity index (χ1v) is 5.31. The van der Waals surface area contributed by atoms with Crippen molar-refractivity contribution in [3.8, 4) is 0 Å². The van der Waals surface area contributed by atoms with Crippen LogP contribution < -0.4 is 5.73 Å². The monoisotopic (exact) mass is 205 g/mol. The quantitative estimate of drug-likeness (QED) is 0.773. The van der Waals surface area contributed by atoms with Gasteiger partial charge in [-0.05, 0) is 30.5 Å². The van der Waals surface area contributed by atoms with E-state index >= 15 is 0 Å². The molecule has 0 saturated carbocycles. The summed E-state index contributed by atoms with van der Waals surface area (Å²) in [5.74, 6) is 0. The molecule has 2 N–H and O–H groups in total. The summed E-state index contributed by atoms with van der Waals surface area (Å²) in [6.45, 7) is 1.41. The van der Waals surface area contributed by atoms with Gasteiger partial charge < -0.3 is 10.5 Å². The fourth-order valence-electron chi connectivity index (χ4n) is 1.44. The van der Waals surface area contributed by atoms with E-state index in [0.717, 1.165) is 19.4 Å². The zero-order chi connectivity index (χ0) is 10.9. The van der Waals surface area contributed by atoms with E-state index in [1.54, 1.807) is 7.11 Å². The van der Waals surface area contributed by atoms with Gasteiger partial charge in [-0.15, -0.1) is 0 Å². The molecule has 0 atom stereocenters. The van der Waals surface area contributed by atoms with Crippen LogP contribution in [-0.2, 0) is 11.2 Å². The zero-order valence-corrected chi connectivity index (χ0v) is 9.28. The van der Waals surface area contributed by atoms with E-state index in [1.165, 1.54) is 11.1 Å². The van der Waals surface area contributed by atoms with Crippen LogP contribution in [0.5, 0.6) is 0 Å². The second-order valence-corrected chi connectivity index (χ2v) is 3.49. The summed E-state index contributed by atoms with van der Waals surface area (Å²) in [5.41, 5.74) is 8.05. The predicted molar refractivity (Wildman–Crippen MR) is 64.7 cm³/mol. The van der Waals surface area contributed by atoms with Crippen LogP contribution in [0.4, 0.5) is 0 Å². The van der Waals surface area contributed by atoms with Crippen molar-refractivity contribution in [1.82, 2.24) is 0 Å². The molecule has 0 aromatic heterocycles. The van der Waals surface area contributed by atoms with Crippen molar-refractivity contribution >= 4 is 6.08 Å². The number of methoxy groups -OCH3 is 1. The summed E-state index contributed by atoms with van der Waals surface area (Å²) in [6.07, 6.45) is 6.20. The van der Waals surface area contributed by atoms with Crippen molar-refractivity contribution < 1.29 is 4.74 Å². The van der Waals surface area contributed by atoms with Crippen LogP contribution >= 0.6 is 0 Å². The second kappa shape index (κ2) is 7.21. The maximum atomic E-state index is 5.48. The first kappa shape index (κ1) is 12.0. The maximum absolute atomic E-state index is 5.48. The van der Waals surface area contributed by atoms with Gasteiger partial charge in [0.1, 0.15) is 0 Å². The van der Waals surface area contributed by atoms with Crippen LogP contribution in [0.1, 0.15) is 17.5 Å². The lowest BCUT2D eigenvalue weighted by atomic mass is 10.1. The number of hydrogen-bond donors (Lipinski definition) is 1. The van der Waals surface area contributed by atoms with Crippen LogP contribution in [0.25, 0.3) is 6.08 Å². The number of nitrogens with two attached hydrogens (primary N) is 1. The molecule has 0 fully saturated rings. The topological polar surface area (TPSA) is 35.2 Å². The molecule has 0 aliphatic carbocycles. The van der Waals surface area contributed by atoms with Gasteiger partial charge in [-0.2, -0.15) is 0 Å². The highest BCUT2D eigenvalue weighted by atomic mass is 16.5. The van der Waals surface area contributed by atoms with Crippen molar-refractivity contribution in [2.24, 2.45) is 5.73 Å². The van der Waals surface area contributed by atoms with Crippen LogP contribution in [0.3, 0.4) is 0 Å². The molecule has 0 amide bonds. The smallest absolute Gasteiger partial charge is 0.0646 e. The van der Waals surface area contributed by atoms with Gasteiger partial charge in [-0.1, -0.05) is 36.4 Å². The highest BCUT2D eigenvalue weighted by molar-refractivity contribution is 5.50. The molecule has 0 saturated heterocycles. The standard InChI is InChI=1S/C13H19NO/c1-15-10-4-8-13-6-2-5-12(11-13)7-3-9-14/h2,4-6,8,11H,3,7,9-10,14H2,1H3. The molecule has 0 unspecified atom stereocenters. The first-order chi connectivity index (χ1) is 7.36. The molecule has 0 bridgehead atoms. The lowest BCUT2D eigenvalue weighted by molar-refractivity contribution is 0.234. The molecule has 2 nitrogen and oxygen atoms in total. The van der Waals surface area contributed by atoms with Crippen molar-refractivity contribution in [3.05, 3.63) is 41.5 Å². The zero-order valence-electron chi connectivity index (χ0n) is 9.28. The Bertz CT molecular complexity index is 307. The Kier molecular flexibility index (Phi) is 5.74.